The van der Waals surface area contributed by atoms with Gasteiger partial charge in [-0.3, -0.25) is 4.79 Å². The lowest BCUT2D eigenvalue weighted by Crippen LogP contribution is -2.17. The van der Waals surface area contributed by atoms with Crippen molar-refractivity contribution in [3.63, 3.8) is 0 Å². The Morgan fingerprint density at radius 1 is 1.06 bits per heavy atom. The quantitative estimate of drug-likeness (QED) is 0.265. The number of carbonyl (C=O) groups is 1. The fourth-order valence-electron chi connectivity index (χ4n) is 3.91. The van der Waals surface area contributed by atoms with E-state index in [1.807, 2.05) is 61.5 Å². The van der Waals surface area contributed by atoms with E-state index in [-0.39, 0.29) is 5.91 Å². The summed E-state index contributed by atoms with van der Waals surface area (Å²) >= 11 is 0. The summed E-state index contributed by atoms with van der Waals surface area (Å²) in [6, 6.07) is 21.3. The number of hydrogen-bond donors (Lipinski definition) is 3. The van der Waals surface area contributed by atoms with Crippen molar-refractivity contribution in [3.8, 4) is 5.75 Å². The minimum atomic E-state index is -0.281. The predicted molar refractivity (Wildman–Crippen MR) is 130 cm³/mol. The zero-order valence-electron chi connectivity index (χ0n) is 18.3. The molecule has 5 aromatic rings. The fraction of sp³-hybridized carbons (Fsp3) is 0.115. The van der Waals surface area contributed by atoms with Gasteiger partial charge < -0.3 is 14.7 Å². The van der Waals surface area contributed by atoms with Crippen LogP contribution in [0, 0.1) is 6.92 Å². The molecule has 0 radical (unpaired) electrons. The molecule has 0 aliphatic heterocycles. The van der Waals surface area contributed by atoms with E-state index in [4.69, 9.17) is 4.74 Å². The van der Waals surface area contributed by atoms with Gasteiger partial charge in [-0.2, -0.15) is 5.10 Å². The summed E-state index contributed by atoms with van der Waals surface area (Å²) in [7, 11) is 1.65. The highest BCUT2D eigenvalue weighted by molar-refractivity contribution is 6.02. The highest BCUT2D eigenvalue weighted by Crippen LogP contribution is 2.20. The Bertz CT molecular complexity index is 1480. The van der Waals surface area contributed by atoms with E-state index in [1.54, 1.807) is 25.5 Å². The number of aryl methyl sites for hydroxylation is 1. The number of fused-ring (bicyclic) bond motifs is 2. The molecule has 7 heteroatoms. The molecule has 0 bridgehead atoms. The zero-order chi connectivity index (χ0) is 22.8. The Morgan fingerprint density at radius 3 is 2.70 bits per heavy atom. The molecule has 0 aliphatic rings. The summed E-state index contributed by atoms with van der Waals surface area (Å²) in [6.07, 6.45) is 2.34. The molecule has 1 amide bonds. The molecule has 7 nitrogen and oxygen atoms in total. The fourth-order valence-corrected chi connectivity index (χ4v) is 3.91. The number of aromatic amines is 2. The molecule has 0 unspecified atom stereocenters. The Balaban J connectivity index is 1.30. The van der Waals surface area contributed by atoms with Crippen molar-refractivity contribution < 1.29 is 9.53 Å². The molecule has 33 heavy (non-hydrogen) atoms. The second-order valence-electron chi connectivity index (χ2n) is 7.85. The zero-order valence-corrected chi connectivity index (χ0v) is 18.3. The third kappa shape index (κ3) is 4.21. The lowest BCUT2D eigenvalue weighted by molar-refractivity contribution is 0.0955. The van der Waals surface area contributed by atoms with Gasteiger partial charge in [0.25, 0.3) is 5.91 Å². The molecular weight excluding hydrogens is 414 g/mol. The first kappa shape index (κ1) is 20.5. The van der Waals surface area contributed by atoms with Crippen molar-refractivity contribution >= 4 is 34.1 Å². The number of amides is 1. The summed E-state index contributed by atoms with van der Waals surface area (Å²) in [5.41, 5.74) is 8.87. The number of rotatable bonds is 6. The van der Waals surface area contributed by atoms with Gasteiger partial charge in [-0.25, -0.2) is 10.4 Å². The largest absolute Gasteiger partial charge is 0.497 e. The number of ether oxygens (including phenoxy) is 1. The van der Waals surface area contributed by atoms with E-state index in [2.05, 4.69) is 25.5 Å². The minimum absolute atomic E-state index is 0.281. The van der Waals surface area contributed by atoms with E-state index >= 15 is 0 Å². The first-order valence-corrected chi connectivity index (χ1v) is 10.6. The van der Waals surface area contributed by atoms with Crippen molar-refractivity contribution in [2.45, 2.75) is 13.3 Å². The van der Waals surface area contributed by atoms with Crippen molar-refractivity contribution in [1.29, 1.82) is 0 Å². The number of carbonyl (C=O) groups excluding carboxylic acids is 1. The van der Waals surface area contributed by atoms with Gasteiger partial charge in [-0.15, -0.1) is 0 Å². The topological polar surface area (TPSA) is 95.2 Å². The second kappa shape index (κ2) is 8.63. The number of methoxy groups -OCH3 is 1. The molecular formula is C26H23N5O2. The van der Waals surface area contributed by atoms with E-state index < -0.39 is 0 Å². The number of hydrazone groups is 1. The number of hydrogen-bond acceptors (Lipinski definition) is 4. The summed E-state index contributed by atoms with van der Waals surface area (Å²) in [5, 5.41) is 5.24. The summed E-state index contributed by atoms with van der Waals surface area (Å²) in [6.45, 7) is 1.98. The van der Waals surface area contributed by atoms with Crippen LogP contribution in [0.2, 0.25) is 0 Å². The van der Waals surface area contributed by atoms with E-state index in [9.17, 15) is 4.79 Å². The maximum absolute atomic E-state index is 12.6. The first-order valence-electron chi connectivity index (χ1n) is 10.6. The van der Waals surface area contributed by atoms with Crippen LogP contribution in [-0.4, -0.2) is 34.2 Å². The van der Waals surface area contributed by atoms with Crippen molar-refractivity contribution in [2.24, 2.45) is 5.10 Å². The maximum atomic E-state index is 12.6. The third-order valence-corrected chi connectivity index (χ3v) is 5.63. The van der Waals surface area contributed by atoms with Crippen LogP contribution in [0.3, 0.4) is 0 Å². The molecule has 0 saturated carbocycles. The van der Waals surface area contributed by atoms with Crippen molar-refractivity contribution in [2.75, 3.05) is 7.11 Å². The number of H-pyrrole nitrogens is 2. The van der Waals surface area contributed by atoms with Crippen LogP contribution in [0.1, 0.15) is 33.0 Å². The lowest BCUT2D eigenvalue weighted by Gasteiger charge is -2.01. The number of nitrogens with zero attached hydrogens (tertiary/aromatic N) is 2. The van der Waals surface area contributed by atoms with Gasteiger partial charge in [0.15, 0.2) is 0 Å². The molecule has 3 N–H and O–H groups in total. The van der Waals surface area contributed by atoms with Crippen LogP contribution in [0.5, 0.6) is 5.75 Å². The van der Waals surface area contributed by atoms with Gasteiger partial charge in [-0.1, -0.05) is 30.3 Å². The first-order chi connectivity index (χ1) is 16.1. The van der Waals surface area contributed by atoms with Crippen LogP contribution >= 0.6 is 0 Å². The molecule has 3 aromatic carbocycles. The van der Waals surface area contributed by atoms with Crippen molar-refractivity contribution in [3.05, 3.63) is 94.9 Å². The Labute approximate surface area is 190 Å². The highest BCUT2D eigenvalue weighted by atomic mass is 16.5. The summed E-state index contributed by atoms with van der Waals surface area (Å²) in [4.78, 5) is 23.9. The lowest BCUT2D eigenvalue weighted by atomic mass is 10.1. The SMILES string of the molecule is COc1ccc(Cc2nc3ccc(C(=O)N/N=C\c4c(C)[nH]c5ccccc45)cc3[nH]2)cc1. The average Bonchev–Trinajstić information content (AvgIpc) is 3.38. The van der Waals surface area contributed by atoms with Gasteiger partial charge in [0, 0.05) is 34.1 Å². The van der Waals surface area contributed by atoms with Crippen molar-refractivity contribution in [1.82, 2.24) is 20.4 Å². The molecule has 0 fully saturated rings. The molecule has 2 aromatic heterocycles. The molecule has 0 aliphatic carbocycles. The van der Waals surface area contributed by atoms with Crippen LogP contribution < -0.4 is 10.2 Å². The number of para-hydroxylation sites is 1. The Morgan fingerprint density at radius 2 is 1.88 bits per heavy atom. The van der Waals surface area contributed by atoms with E-state index in [1.165, 1.54) is 0 Å². The number of benzene rings is 3. The van der Waals surface area contributed by atoms with Gasteiger partial charge in [0.1, 0.15) is 11.6 Å². The van der Waals surface area contributed by atoms with Crippen LogP contribution in [0.15, 0.2) is 71.8 Å². The van der Waals surface area contributed by atoms with E-state index in [0.29, 0.717) is 12.0 Å². The molecule has 0 spiro atoms. The molecule has 5 rings (SSSR count). The smallest absolute Gasteiger partial charge is 0.271 e. The van der Waals surface area contributed by atoms with Gasteiger partial charge in [-0.05, 0) is 48.9 Å². The standard InChI is InChI=1S/C26H23N5O2/c1-16-21(20-5-3-4-6-22(20)28-16)15-27-31-26(32)18-9-12-23-24(14-18)30-25(29-23)13-17-7-10-19(33-2)11-8-17/h3-12,14-15,28H,13H2,1-2H3,(H,29,30)(H,31,32)/b27-15-. The Kier molecular flexibility index (Phi) is 5.36. The minimum Gasteiger partial charge on any atom is -0.497 e. The number of nitrogens with one attached hydrogen (secondary N) is 3. The predicted octanol–water partition coefficient (Wildman–Crippen LogP) is 4.72. The molecule has 164 valence electrons. The van der Waals surface area contributed by atoms with Gasteiger partial charge >= 0.3 is 0 Å². The molecule has 0 saturated heterocycles. The average molecular weight is 438 g/mol. The molecule has 2 heterocycles. The van der Waals surface area contributed by atoms with Crippen LogP contribution in [-0.2, 0) is 6.42 Å². The Hall–Kier alpha value is -4.39. The highest BCUT2D eigenvalue weighted by Gasteiger charge is 2.10. The normalized spacial score (nSPS) is 11.5. The summed E-state index contributed by atoms with van der Waals surface area (Å²) < 4.78 is 5.20. The van der Waals surface area contributed by atoms with Crippen LogP contribution in [0.4, 0.5) is 0 Å². The van der Waals surface area contributed by atoms with Gasteiger partial charge in [0.05, 0.1) is 24.4 Å². The van der Waals surface area contributed by atoms with E-state index in [0.717, 1.165) is 50.3 Å². The van der Waals surface area contributed by atoms with Gasteiger partial charge in [0.2, 0.25) is 0 Å². The second-order valence-corrected chi connectivity index (χ2v) is 7.85. The monoisotopic (exact) mass is 437 g/mol. The maximum Gasteiger partial charge on any atom is 0.271 e. The number of aromatic nitrogens is 3. The third-order valence-electron chi connectivity index (χ3n) is 5.63. The van der Waals surface area contributed by atoms with Crippen LogP contribution in [0.25, 0.3) is 21.9 Å². The summed E-state index contributed by atoms with van der Waals surface area (Å²) in [5.74, 6) is 1.37. The number of imidazole rings is 1. The molecule has 0 atom stereocenters.